The van der Waals surface area contributed by atoms with Crippen molar-refractivity contribution in [3.63, 3.8) is 0 Å². The molecular formula is C24H44O4. The Morgan fingerprint density at radius 2 is 1.21 bits per heavy atom. The van der Waals surface area contributed by atoms with Crippen molar-refractivity contribution in [3.05, 3.63) is 12.2 Å². The van der Waals surface area contributed by atoms with Crippen LogP contribution in [0.2, 0.25) is 0 Å². The maximum Gasteiger partial charge on any atom is 0.344 e. The van der Waals surface area contributed by atoms with Gasteiger partial charge in [0.2, 0.25) is 0 Å². The van der Waals surface area contributed by atoms with Gasteiger partial charge in [-0.05, 0) is 52.9 Å². The third-order valence-corrected chi connectivity index (χ3v) is 4.41. The molecule has 28 heavy (non-hydrogen) atoms. The van der Waals surface area contributed by atoms with E-state index in [-0.39, 0.29) is 12.6 Å². The molecule has 0 saturated carbocycles. The summed E-state index contributed by atoms with van der Waals surface area (Å²) in [5.74, 6) is -0.811. The van der Waals surface area contributed by atoms with Gasteiger partial charge in [0.15, 0.2) is 6.61 Å². The second kappa shape index (κ2) is 17.8. The summed E-state index contributed by atoms with van der Waals surface area (Å²) in [5.41, 5.74) is -0.549. The minimum atomic E-state index is -0.549. The molecule has 0 N–H and O–H groups in total. The van der Waals surface area contributed by atoms with Crippen LogP contribution in [0.15, 0.2) is 12.2 Å². The van der Waals surface area contributed by atoms with Gasteiger partial charge in [-0.3, -0.25) is 4.79 Å². The zero-order valence-corrected chi connectivity index (χ0v) is 18.9. The molecule has 0 unspecified atom stereocenters. The van der Waals surface area contributed by atoms with Gasteiger partial charge in [0.25, 0.3) is 0 Å². The Hall–Kier alpha value is -1.32. The van der Waals surface area contributed by atoms with Crippen LogP contribution in [0.3, 0.4) is 0 Å². The van der Waals surface area contributed by atoms with Crippen molar-refractivity contribution in [2.45, 2.75) is 123 Å². The number of rotatable bonds is 17. The Labute approximate surface area is 173 Å². The number of hydrogen-bond acceptors (Lipinski definition) is 4. The first-order valence-electron chi connectivity index (χ1n) is 11.4. The summed E-state index contributed by atoms with van der Waals surface area (Å²) < 4.78 is 10.0. The number of carbonyl (C=O) groups is 2. The summed E-state index contributed by atoms with van der Waals surface area (Å²) in [7, 11) is 0. The van der Waals surface area contributed by atoms with Crippen LogP contribution in [-0.2, 0) is 19.1 Å². The molecule has 0 amide bonds. The van der Waals surface area contributed by atoms with E-state index in [1.54, 1.807) is 20.8 Å². The lowest BCUT2D eigenvalue weighted by Crippen LogP contribution is -2.27. The first-order valence-corrected chi connectivity index (χ1v) is 11.4. The van der Waals surface area contributed by atoms with Crippen LogP contribution in [0.25, 0.3) is 0 Å². The minimum Gasteiger partial charge on any atom is -0.457 e. The van der Waals surface area contributed by atoms with Crippen molar-refractivity contribution in [3.8, 4) is 0 Å². The lowest BCUT2D eigenvalue weighted by Gasteiger charge is -2.19. The van der Waals surface area contributed by atoms with E-state index in [0.29, 0.717) is 6.42 Å². The van der Waals surface area contributed by atoms with Gasteiger partial charge < -0.3 is 9.47 Å². The molecule has 0 fully saturated rings. The Balaban J connectivity index is 3.37. The van der Waals surface area contributed by atoms with Gasteiger partial charge in [-0.15, -0.1) is 0 Å². The molecule has 0 aliphatic heterocycles. The Morgan fingerprint density at radius 3 is 1.75 bits per heavy atom. The van der Waals surface area contributed by atoms with E-state index in [9.17, 15) is 9.59 Å². The molecule has 4 heteroatoms. The van der Waals surface area contributed by atoms with Crippen LogP contribution < -0.4 is 0 Å². The molecule has 164 valence electrons. The number of allylic oxidation sites excluding steroid dienone is 2. The van der Waals surface area contributed by atoms with Gasteiger partial charge in [-0.25, -0.2) is 4.79 Å². The van der Waals surface area contributed by atoms with Gasteiger partial charge in [0.1, 0.15) is 5.60 Å². The highest BCUT2D eigenvalue weighted by molar-refractivity contribution is 5.76. The SMILES string of the molecule is CCCCCCCCC=CCCCCCCCC(=O)OCC(=O)OC(C)(C)C. The zero-order valence-electron chi connectivity index (χ0n) is 18.9. The van der Waals surface area contributed by atoms with Gasteiger partial charge in [0.05, 0.1) is 0 Å². The van der Waals surface area contributed by atoms with Crippen LogP contribution in [0.5, 0.6) is 0 Å². The number of carbonyl (C=O) groups excluding carboxylic acids is 2. The topological polar surface area (TPSA) is 52.6 Å². The fraction of sp³-hybridized carbons (Fsp3) is 0.833. The van der Waals surface area contributed by atoms with Crippen LogP contribution in [0.1, 0.15) is 118 Å². The van der Waals surface area contributed by atoms with Gasteiger partial charge >= 0.3 is 11.9 Å². The van der Waals surface area contributed by atoms with E-state index in [0.717, 1.165) is 25.7 Å². The molecule has 4 nitrogen and oxygen atoms in total. The van der Waals surface area contributed by atoms with Crippen molar-refractivity contribution < 1.29 is 19.1 Å². The molecule has 0 bridgehead atoms. The van der Waals surface area contributed by atoms with Crippen molar-refractivity contribution in [1.82, 2.24) is 0 Å². The fourth-order valence-electron chi connectivity index (χ4n) is 2.92. The second-order valence-electron chi connectivity index (χ2n) is 8.58. The lowest BCUT2D eigenvalue weighted by molar-refractivity contribution is -0.166. The summed E-state index contributed by atoms with van der Waals surface area (Å²) in [6.45, 7) is 7.33. The molecule has 0 aromatic heterocycles. The highest BCUT2D eigenvalue weighted by atomic mass is 16.6. The smallest absolute Gasteiger partial charge is 0.344 e. The van der Waals surface area contributed by atoms with E-state index in [4.69, 9.17) is 9.47 Å². The quantitative estimate of drug-likeness (QED) is 0.152. The lowest BCUT2D eigenvalue weighted by atomic mass is 10.1. The predicted molar refractivity (Wildman–Crippen MR) is 116 cm³/mol. The number of unbranched alkanes of at least 4 members (excludes halogenated alkanes) is 11. The van der Waals surface area contributed by atoms with Crippen molar-refractivity contribution >= 4 is 11.9 Å². The average molecular weight is 397 g/mol. The molecule has 0 rings (SSSR count). The van der Waals surface area contributed by atoms with Gasteiger partial charge in [-0.1, -0.05) is 70.4 Å². The normalized spacial score (nSPS) is 11.7. The predicted octanol–water partition coefficient (Wildman–Crippen LogP) is 6.91. The van der Waals surface area contributed by atoms with Crippen LogP contribution in [0, 0.1) is 0 Å². The molecule has 0 atom stereocenters. The van der Waals surface area contributed by atoms with E-state index < -0.39 is 11.6 Å². The standard InChI is InChI=1S/C24H44O4/c1-5-6-7-8-9-10-11-12-13-14-15-16-17-18-19-20-22(25)27-21-23(26)28-24(2,3)4/h12-13H,5-11,14-21H2,1-4H3. The third kappa shape index (κ3) is 21.0. The van der Waals surface area contributed by atoms with Crippen molar-refractivity contribution in [1.29, 1.82) is 0 Å². The molecule has 0 radical (unpaired) electrons. The van der Waals surface area contributed by atoms with Gasteiger partial charge in [0, 0.05) is 6.42 Å². The monoisotopic (exact) mass is 396 g/mol. The average Bonchev–Trinajstić information content (AvgIpc) is 2.62. The van der Waals surface area contributed by atoms with E-state index in [1.807, 2.05) is 0 Å². The summed E-state index contributed by atoms with van der Waals surface area (Å²) in [5, 5.41) is 0. The summed E-state index contributed by atoms with van der Waals surface area (Å²) in [6, 6.07) is 0. The molecule has 0 aromatic rings. The largest absolute Gasteiger partial charge is 0.457 e. The summed E-state index contributed by atoms with van der Waals surface area (Å²) in [4.78, 5) is 23.1. The van der Waals surface area contributed by atoms with Crippen LogP contribution >= 0.6 is 0 Å². The first-order chi connectivity index (χ1) is 13.3. The van der Waals surface area contributed by atoms with Crippen molar-refractivity contribution in [2.24, 2.45) is 0 Å². The Kier molecular flexibility index (Phi) is 16.9. The fourth-order valence-corrected chi connectivity index (χ4v) is 2.92. The zero-order chi connectivity index (χ0) is 21.1. The molecule has 0 spiro atoms. The molecule has 0 aromatic carbocycles. The molecule has 0 aliphatic carbocycles. The highest BCUT2D eigenvalue weighted by Gasteiger charge is 2.17. The van der Waals surface area contributed by atoms with E-state index >= 15 is 0 Å². The molecular weight excluding hydrogens is 352 g/mol. The van der Waals surface area contributed by atoms with Crippen LogP contribution in [0.4, 0.5) is 0 Å². The second-order valence-corrected chi connectivity index (χ2v) is 8.58. The molecule has 0 aliphatic rings. The maximum atomic E-state index is 11.6. The number of esters is 2. The highest BCUT2D eigenvalue weighted by Crippen LogP contribution is 2.11. The van der Waals surface area contributed by atoms with E-state index in [1.165, 1.54) is 57.8 Å². The van der Waals surface area contributed by atoms with Crippen molar-refractivity contribution in [2.75, 3.05) is 6.61 Å². The Morgan fingerprint density at radius 1 is 0.714 bits per heavy atom. The number of ether oxygens (including phenoxy) is 2. The molecule has 0 heterocycles. The number of hydrogen-bond donors (Lipinski definition) is 0. The summed E-state index contributed by atoms with van der Waals surface area (Å²) in [6.07, 6.45) is 21.0. The van der Waals surface area contributed by atoms with Crippen LogP contribution in [-0.4, -0.2) is 24.1 Å². The molecule has 0 saturated heterocycles. The maximum absolute atomic E-state index is 11.6. The van der Waals surface area contributed by atoms with E-state index in [2.05, 4.69) is 19.1 Å². The summed E-state index contributed by atoms with van der Waals surface area (Å²) >= 11 is 0. The third-order valence-electron chi connectivity index (χ3n) is 4.41. The Bertz CT molecular complexity index is 421. The minimum absolute atomic E-state index is 0.290. The first kappa shape index (κ1) is 26.7. The van der Waals surface area contributed by atoms with Gasteiger partial charge in [-0.2, -0.15) is 0 Å².